The monoisotopic (exact) mass is 201 g/mol. The van der Waals surface area contributed by atoms with Crippen molar-refractivity contribution in [3.8, 4) is 5.75 Å². The highest BCUT2D eigenvalue weighted by atomic mass is 32.2. The maximum Gasteiger partial charge on any atom is 0.232 e. The van der Waals surface area contributed by atoms with Crippen molar-refractivity contribution in [3.63, 3.8) is 0 Å². The van der Waals surface area contributed by atoms with Crippen LogP contribution in [0.15, 0.2) is 24.3 Å². The molecule has 0 bridgehead atoms. The summed E-state index contributed by atoms with van der Waals surface area (Å²) < 4.78 is 24.5. The quantitative estimate of drug-likeness (QED) is 0.721. The van der Waals surface area contributed by atoms with Gasteiger partial charge in [-0.05, 0) is 19.1 Å². The van der Waals surface area contributed by atoms with Gasteiger partial charge in [-0.2, -0.15) is 0 Å². The number of aromatic hydroxyl groups is 1. The van der Waals surface area contributed by atoms with Crippen LogP contribution < -0.4 is 4.72 Å². The number of anilines is 1. The van der Waals surface area contributed by atoms with Crippen molar-refractivity contribution in [3.05, 3.63) is 24.3 Å². The third kappa shape index (κ3) is 2.62. The molecular weight excluding hydrogens is 190 g/mol. The molecule has 1 aromatic rings. The Hall–Kier alpha value is -1.23. The summed E-state index contributed by atoms with van der Waals surface area (Å²) in [5.74, 6) is -0.0824. The van der Waals surface area contributed by atoms with Crippen LogP contribution in [0, 0.1) is 0 Å². The topological polar surface area (TPSA) is 66.4 Å². The lowest BCUT2D eigenvalue weighted by molar-refractivity contribution is 0.477. The molecule has 0 spiro atoms. The van der Waals surface area contributed by atoms with Gasteiger partial charge in [0.1, 0.15) is 5.75 Å². The van der Waals surface area contributed by atoms with Gasteiger partial charge in [0.05, 0.1) is 11.4 Å². The fraction of sp³-hybridized carbons (Fsp3) is 0.250. The Bertz CT molecular complexity index is 386. The Labute approximate surface area is 77.3 Å². The maximum atomic E-state index is 11.1. The van der Waals surface area contributed by atoms with Gasteiger partial charge in [0.15, 0.2) is 0 Å². The molecule has 0 aromatic heterocycles. The lowest BCUT2D eigenvalue weighted by Crippen LogP contribution is -2.14. The maximum absolute atomic E-state index is 11.1. The Balaban J connectivity index is 2.93. The zero-order valence-corrected chi connectivity index (χ0v) is 8.00. The zero-order valence-electron chi connectivity index (χ0n) is 7.19. The van der Waals surface area contributed by atoms with Gasteiger partial charge in [-0.25, -0.2) is 8.42 Å². The van der Waals surface area contributed by atoms with Crippen LogP contribution in [0.4, 0.5) is 5.69 Å². The summed E-state index contributed by atoms with van der Waals surface area (Å²) in [5.41, 5.74) is 0.212. The van der Waals surface area contributed by atoms with Gasteiger partial charge < -0.3 is 5.11 Å². The molecule has 2 N–H and O–H groups in total. The Morgan fingerprint density at radius 1 is 1.38 bits per heavy atom. The van der Waals surface area contributed by atoms with Gasteiger partial charge >= 0.3 is 0 Å². The van der Waals surface area contributed by atoms with E-state index >= 15 is 0 Å². The van der Waals surface area contributed by atoms with Crippen LogP contribution in [0.2, 0.25) is 0 Å². The van der Waals surface area contributed by atoms with Gasteiger partial charge in [-0.15, -0.1) is 0 Å². The van der Waals surface area contributed by atoms with E-state index in [0.717, 1.165) is 0 Å². The van der Waals surface area contributed by atoms with Crippen molar-refractivity contribution >= 4 is 15.7 Å². The molecule has 1 rings (SSSR count). The van der Waals surface area contributed by atoms with Gasteiger partial charge in [0, 0.05) is 0 Å². The number of para-hydroxylation sites is 2. The average Bonchev–Trinajstić information content (AvgIpc) is 2.09. The number of phenolic OH excluding ortho intramolecular Hbond substituents is 1. The van der Waals surface area contributed by atoms with Crippen LogP contribution in [-0.2, 0) is 10.0 Å². The summed E-state index contributed by atoms with van der Waals surface area (Å²) in [7, 11) is -3.31. The number of rotatable bonds is 3. The number of hydrogen-bond acceptors (Lipinski definition) is 3. The number of hydrogen-bond donors (Lipinski definition) is 2. The van der Waals surface area contributed by atoms with Crippen molar-refractivity contribution < 1.29 is 13.5 Å². The minimum atomic E-state index is -3.31. The predicted octanol–water partition coefficient (Wildman–Crippen LogP) is 1.15. The van der Waals surface area contributed by atoms with E-state index in [0.29, 0.717) is 0 Å². The summed E-state index contributed by atoms with van der Waals surface area (Å²) in [5, 5.41) is 9.24. The summed E-state index contributed by atoms with van der Waals surface area (Å²) in [4.78, 5) is 0. The van der Waals surface area contributed by atoms with Crippen molar-refractivity contribution in [2.24, 2.45) is 0 Å². The van der Waals surface area contributed by atoms with E-state index in [4.69, 9.17) is 0 Å². The number of nitrogens with one attached hydrogen (secondary N) is 1. The van der Waals surface area contributed by atoms with Gasteiger partial charge in [-0.1, -0.05) is 12.1 Å². The lowest BCUT2D eigenvalue weighted by Gasteiger charge is -2.06. The molecule has 0 saturated heterocycles. The fourth-order valence-corrected chi connectivity index (χ4v) is 1.45. The Morgan fingerprint density at radius 3 is 2.54 bits per heavy atom. The highest BCUT2D eigenvalue weighted by Gasteiger charge is 2.08. The van der Waals surface area contributed by atoms with Crippen molar-refractivity contribution in [2.75, 3.05) is 10.5 Å². The summed E-state index contributed by atoms with van der Waals surface area (Å²) in [6.07, 6.45) is 0. The minimum absolute atomic E-state index is 0.0126. The van der Waals surface area contributed by atoms with Gasteiger partial charge in [0.25, 0.3) is 0 Å². The molecule has 0 heterocycles. The Morgan fingerprint density at radius 2 is 2.00 bits per heavy atom. The summed E-state index contributed by atoms with van der Waals surface area (Å²) >= 11 is 0. The molecule has 13 heavy (non-hydrogen) atoms. The van der Waals surface area contributed by atoms with Crippen LogP contribution in [0.1, 0.15) is 6.92 Å². The van der Waals surface area contributed by atoms with E-state index in [2.05, 4.69) is 4.72 Å². The first-order valence-electron chi connectivity index (χ1n) is 3.83. The van der Waals surface area contributed by atoms with Crippen LogP contribution in [-0.4, -0.2) is 19.3 Å². The number of sulfonamides is 1. The second kappa shape index (κ2) is 3.66. The van der Waals surface area contributed by atoms with Crippen molar-refractivity contribution in [2.45, 2.75) is 6.92 Å². The van der Waals surface area contributed by atoms with E-state index in [1.165, 1.54) is 19.1 Å². The molecule has 1 aromatic carbocycles. The number of benzene rings is 1. The molecule has 0 saturated carbocycles. The third-order valence-corrected chi connectivity index (χ3v) is 2.84. The molecule has 0 aliphatic carbocycles. The van der Waals surface area contributed by atoms with Crippen LogP contribution in [0.3, 0.4) is 0 Å². The van der Waals surface area contributed by atoms with Crippen LogP contribution >= 0.6 is 0 Å². The standard InChI is InChI=1S/C8H11NO3S/c1-2-13(11,12)9-7-5-3-4-6-8(7)10/h3-6,9-10H,2H2,1H3. The molecule has 72 valence electrons. The Kier molecular flexibility index (Phi) is 2.77. The van der Waals surface area contributed by atoms with E-state index in [1.54, 1.807) is 12.1 Å². The molecule has 0 radical (unpaired) electrons. The molecule has 0 aliphatic rings. The zero-order chi connectivity index (χ0) is 9.90. The average molecular weight is 201 g/mol. The molecule has 0 aliphatic heterocycles. The molecule has 4 nitrogen and oxygen atoms in total. The van der Waals surface area contributed by atoms with Gasteiger partial charge in [0.2, 0.25) is 10.0 Å². The van der Waals surface area contributed by atoms with E-state index < -0.39 is 10.0 Å². The highest BCUT2D eigenvalue weighted by Crippen LogP contribution is 2.22. The second-order valence-electron chi connectivity index (χ2n) is 2.52. The molecule has 0 unspecified atom stereocenters. The molecule has 0 atom stereocenters. The fourth-order valence-electron chi connectivity index (χ4n) is 0.800. The normalized spacial score (nSPS) is 11.2. The minimum Gasteiger partial charge on any atom is -0.506 e. The molecule has 5 heteroatoms. The highest BCUT2D eigenvalue weighted by molar-refractivity contribution is 7.92. The van der Waals surface area contributed by atoms with Gasteiger partial charge in [-0.3, -0.25) is 4.72 Å². The lowest BCUT2D eigenvalue weighted by atomic mass is 10.3. The second-order valence-corrected chi connectivity index (χ2v) is 4.53. The first-order valence-corrected chi connectivity index (χ1v) is 5.49. The SMILES string of the molecule is CCS(=O)(=O)Nc1ccccc1O. The number of phenols is 1. The van der Waals surface area contributed by atoms with E-state index in [1.807, 2.05) is 0 Å². The van der Waals surface area contributed by atoms with Crippen LogP contribution in [0.5, 0.6) is 5.75 Å². The largest absolute Gasteiger partial charge is 0.506 e. The molecule has 0 amide bonds. The first kappa shape index (κ1) is 9.85. The first-order chi connectivity index (χ1) is 6.05. The molecule has 0 fully saturated rings. The van der Waals surface area contributed by atoms with Crippen molar-refractivity contribution in [1.82, 2.24) is 0 Å². The summed E-state index contributed by atoms with van der Waals surface area (Å²) in [6.45, 7) is 1.53. The molecular formula is C8H11NO3S. The predicted molar refractivity (Wildman–Crippen MR) is 51.2 cm³/mol. The van der Waals surface area contributed by atoms with E-state index in [-0.39, 0.29) is 17.2 Å². The van der Waals surface area contributed by atoms with Crippen LogP contribution in [0.25, 0.3) is 0 Å². The smallest absolute Gasteiger partial charge is 0.232 e. The van der Waals surface area contributed by atoms with E-state index in [9.17, 15) is 13.5 Å². The summed E-state index contributed by atoms with van der Waals surface area (Å²) in [6, 6.07) is 6.20. The third-order valence-electron chi connectivity index (χ3n) is 1.55. The van der Waals surface area contributed by atoms with Crippen molar-refractivity contribution in [1.29, 1.82) is 0 Å².